The van der Waals surface area contributed by atoms with Gasteiger partial charge in [-0.1, -0.05) is 62.2 Å². The molecule has 0 rings (SSSR count). The van der Waals surface area contributed by atoms with E-state index in [1.807, 2.05) is 0 Å². The number of alkyl halides is 3. The van der Waals surface area contributed by atoms with Crippen LogP contribution < -0.4 is 0 Å². The summed E-state index contributed by atoms with van der Waals surface area (Å²) in [5.74, 6) is 0. The third-order valence-corrected chi connectivity index (χ3v) is 5.84. The smallest absolute Gasteiger partial charge is 0.283 e. The molecule has 0 aromatic carbocycles. The topological polar surface area (TPSA) is 54.4 Å². The molecule has 3 nitrogen and oxygen atoms in total. The second-order valence-corrected chi connectivity index (χ2v) is 7.66. The van der Waals surface area contributed by atoms with Crippen LogP contribution >= 0.6 is 34.8 Å². The van der Waals surface area contributed by atoms with E-state index in [4.69, 9.17) is 39.4 Å². The summed E-state index contributed by atoms with van der Waals surface area (Å²) in [5, 5.41) is -1.01. The third-order valence-electron chi connectivity index (χ3n) is 2.27. The van der Waals surface area contributed by atoms with Gasteiger partial charge in [-0.25, -0.2) is 0 Å². The SMILES string of the molecule is CCCCCCCC(Cl)C(Cl)(Cl)S(=O)(=O)O. The Morgan fingerprint density at radius 2 is 1.69 bits per heavy atom. The van der Waals surface area contributed by atoms with Gasteiger partial charge in [0.2, 0.25) is 0 Å². The molecule has 0 aromatic rings. The minimum Gasteiger partial charge on any atom is -0.283 e. The van der Waals surface area contributed by atoms with Crippen LogP contribution in [0.25, 0.3) is 0 Å². The number of unbranched alkanes of at least 4 members (excludes halogenated alkanes) is 4. The van der Waals surface area contributed by atoms with Crippen molar-refractivity contribution in [3.8, 4) is 0 Å². The van der Waals surface area contributed by atoms with Gasteiger partial charge in [0.15, 0.2) is 0 Å². The standard InChI is InChI=1S/C9H17Cl3O3S/c1-2-3-4-5-6-7-8(10)9(11,12)16(13,14)15/h8H,2-7H2,1H3,(H,13,14,15). The van der Waals surface area contributed by atoms with Gasteiger partial charge in [0.25, 0.3) is 3.67 Å². The highest BCUT2D eigenvalue weighted by Gasteiger charge is 2.45. The van der Waals surface area contributed by atoms with Crippen LogP contribution in [0.4, 0.5) is 0 Å². The largest absolute Gasteiger partial charge is 0.300 e. The normalized spacial score (nSPS) is 15.1. The van der Waals surface area contributed by atoms with Crippen molar-refractivity contribution >= 4 is 44.9 Å². The summed E-state index contributed by atoms with van der Waals surface area (Å²) < 4.78 is 28.1. The second-order valence-electron chi connectivity index (χ2n) is 3.71. The van der Waals surface area contributed by atoms with Crippen molar-refractivity contribution in [1.29, 1.82) is 0 Å². The molecule has 0 amide bonds. The van der Waals surface area contributed by atoms with Gasteiger partial charge in [-0.3, -0.25) is 4.55 Å². The molecule has 0 heterocycles. The van der Waals surface area contributed by atoms with E-state index in [9.17, 15) is 8.42 Å². The number of rotatable bonds is 8. The van der Waals surface area contributed by atoms with Crippen molar-refractivity contribution in [2.75, 3.05) is 0 Å². The van der Waals surface area contributed by atoms with Crippen molar-refractivity contribution in [3.63, 3.8) is 0 Å². The summed E-state index contributed by atoms with van der Waals surface area (Å²) in [4.78, 5) is 0. The van der Waals surface area contributed by atoms with Gasteiger partial charge >= 0.3 is 10.1 Å². The Morgan fingerprint density at radius 3 is 2.12 bits per heavy atom. The van der Waals surface area contributed by atoms with E-state index < -0.39 is 19.2 Å². The molecule has 0 radical (unpaired) electrons. The molecule has 0 aliphatic heterocycles. The zero-order valence-electron chi connectivity index (χ0n) is 9.13. The lowest BCUT2D eigenvalue weighted by molar-refractivity contribution is 0.468. The van der Waals surface area contributed by atoms with E-state index in [0.29, 0.717) is 6.42 Å². The quantitative estimate of drug-likeness (QED) is 0.419. The fourth-order valence-electron chi connectivity index (χ4n) is 1.26. The van der Waals surface area contributed by atoms with Gasteiger partial charge in [0.05, 0.1) is 5.38 Å². The first-order chi connectivity index (χ1) is 7.23. The summed E-state index contributed by atoms with van der Waals surface area (Å²) >= 11 is 16.8. The van der Waals surface area contributed by atoms with Crippen LogP contribution in [0.3, 0.4) is 0 Å². The first-order valence-electron chi connectivity index (χ1n) is 5.22. The van der Waals surface area contributed by atoms with Gasteiger partial charge in [-0.2, -0.15) is 8.42 Å². The lowest BCUT2D eigenvalue weighted by Gasteiger charge is -2.21. The van der Waals surface area contributed by atoms with Crippen LogP contribution in [0.1, 0.15) is 45.4 Å². The lowest BCUT2D eigenvalue weighted by Crippen LogP contribution is -2.35. The molecule has 98 valence electrons. The summed E-state index contributed by atoms with van der Waals surface area (Å²) in [6.07, 6.45) is 5.39. The van der Waals surface area contributed by atoms with Crippen LogP contribution in [0.15, 0.2) is 0 Å². The minimum atomic E-state index is -4.55. The maximum Gasteiger partial charge on any atom is 0.300 e. The molecule has 1 atom stereocenters. The second kappa shape index (κ2) is 7.27. The zero-order valence-corrected chi connectivity index (χ0v) is 12.2. The third kappa shape index (κ3) is 5.41. The van der Waals surface area contributed by atoms with Gasteiger partial charge < -0.3 is 0 Å². The Kier molecular flexibility index (Phi) is 7.62. The summed E-state index contributed by atoms with van der Waals surface area (Å²) in [6.45, 7) is 2.10. The lowest BCUT2D eigenvalue weighted by atomic mass is 10.1. The highest BCUT2D eigenvalue weighted by Crippen LogP contribution is 2.37. The van der Waals surface area contributed by atoms with Crippen LogP contribution in [0.5, 0.6) is 0 Å². The zero-order chi connectivity index (χ0) is 12.8. The predicted octanol–water partition coefficient (Wildman–Crippen LogP) is 3.97. The van der Waals surface area contributed by atoms with E-state index in [2.05, 4.69) is 6.92 Å². The van der Waals surface area contributed by atoms with Crippen LogP contribution in [0.2, 0.25) is 0 Å². The Labute approximate surface area is 112 Å². The van der Waals surface area contributed by atoms with Crippen LogP contribution in [0, 0.1) is 0 Å². The molecule has 0 spiro atoms. The number of hydrogen-bond acceptors (Lipinski definition) is 2. The highest BCUT2D eigenvalue weighted by atomic mass is 35.5. The van der Waals surface area contributed by atoms with Crippen molar-refractivity contribution in [1.82, 2.24) is 0 Å². The first kappa shape index (κ1) is 16.8. The predicted molar refractivity (Wildman–Crippen MR) is 69.0 cm³/mol. The van der Waals surface area contributed by atoms with Gasteiger partial charge in [-0.05, 0) is 6.42 Å². The van der Waals surface area contributed by atoms with E-state index >= 15 is 0 Å². The molecule has 1 N–H and O–H groups in total. The number of hydrogen-bond donors (Lipinski definition) is 1. The van der Waals surface area contributed by atoms with Crippen molar-refractivity contribution in [2.24, 2.45) is 0 Å². The summed E-state index contributed by atoms with van der Waals surface area (Å²) in [6, 6.07) is 0. The van der Waals surface area contributed by atoms with E-state index in [-0.39, 0.29) is 0 Å². The molecule has 0 saturated carbocycles. The van der Waals surface area contributed by atoms with Crippen molar-refractivity contribution in [2.45, 2.75) is 54.5 Å². The maximum absolute atomic E-state index is 10.8. The molecule has 16 heavy (non-hydrogen) atoms. The summed E-state index contributed by atoms with van der Waals surface area (Å²) in [7, 11) is -4.55. The fraction of sp³-hybridized carbons (Fsp3) is 1.00. The monoisotopic (exact) mass is 310 g/mol. The molecule has 0 fully saturated rings. The van der Waals surface area contributed by atoms with E-state index in [0.717, 1.165) is 32.1 Å². The molecular formula is C9H17Cl3O3S. The van der Waals surface area contributed by atoms with Gasteiger partial charge in [0.1, 0.15) is 0 Å². The molecule has 0 aliphatic carbocycles. The van der Waals surface area contributed by atoms with E-state index in [1.54, 1.807) is 0 Å². The Hall–Kier alpha value is 0.780. The van der Waals surface area contributed by atoms with Crippen LogP contribution in [-0.4, -0.2) is 22.0 Å². The number of halogens is 3. The Balaban J connectivity index is 4.02. The Bertz CT molecular complexity index is 290. The maximum atomic E-state index is 10.8. The minimum absolute atomic E-state index is 0.359. The van der Waals surface area contributed by atoms with Crippen LogP contribution in [-0.2, 0) is 10.1 Å². The highest BCUT2D eigenvalue weighted by molar-refractivity contribution is 7.90. The summed E-state index contributed by atoms with van der Waals surface area (Å²) in [5.41, 5.74) is 0. The molecule has 0 aromatic heterocycles. The fourth-order valence-corrected chi connectivity index (χ4v) is 2.41. The molecule has 0 aliphatic rings. The Morgan fingerprint density at radius 1 is 1.19 bits per heavy atom. The molecule has 1 unspecified atom stereocenters. The first-order valence-corrected chi connectivity index (χ1v) is 7.85. The molecule has 7 heteroatoms. The van der Waals surface area contributed by atoms with Gasteiger partial charge in [0, 0.05) is 0 Å². The average Bonchev–Trinajstić information content (AvgIpc) is 2.15. The molecular weight excluding hydrogens is 295 g/mol. The van der Waals surface area contributed by atoms with Crippen molar-refractivity contribution < 1.29 is 13.0 Å². The van der Waals surface area contributed by atoms with Crippen molar-refractivity contribution in [3.05, 3.63) is 0 Å². The molecule has 0 bridgehead atoms. The average molecular weight is 312 g/mol. The van der Waals surface area contributed by atoms with Gasteiger partial charge in [-0.15, -0.1) is 11.6 Å². The molecule has 0 saturated heterocycles. The van der Waals surface area contributed by atoms with E-state index in [1.165, 1.54) is 0 Å².